The molecule has 0 radical (unpaired) electrons. The summed E-state index contributed by atoms with van der Waals surface area (Å²) >= 11 is 0. The maximum absolute atomic E-state index is 13.1. The monoisotopic (exact) mass is 997 g/mol. The lowest BCUT2D eigenvalue weighted by Crippen LogP contribution is -2.61. The van der Waals surface area contributed by atoms with Gasteiger partial charge in [-0.25, -0.2) is 4.79 Å². The van der Waals surface area contributed by atoms with Gasteiger partial charge >= 0.3 is 23.9 Å². The highest BCUT2D eigenvalue weighted by molar-refractivity contribution is 5.74. The molecule has 1 rings (SSSR count). The first-order valence-electron chi connectivity index (χ1n) is 27.6. The number of carbonyl (C=O) groups is 4. The summed E-state index contributed by atoms with van der Waals surface area (Å²) in [6, 6.07) is 0. The van der Waals surface area contributed by atoms with Crippen molar-refractivity contribution < 1.29 is 58.2 Å². The van der Waals surface area contributed by atoms with Gasteiger partial charge in [-0.3, -0.25) is 14.4 Å². The van der Waals surface area contributed by atoms with Gasteiger partial charge in [0.25, 0.3) is 0 Å². The highest BCUT2D eigenvalue weighted by atomic mass is 16.7. The summed E-state index contributed by atoms with van der Waals surface area (Å²) in [6.07, 6.45) is 47.3. The van der Waals surface area contributed by atoms with Crippen LogP contribution in [-0.4, -0.2) is 89.2 Å². The SMILES string of the molecule is CC/C=C\C/C=C\C/C=C\C/C=C\CCC(=O)OCC(COC1OC(C(=O)O)C(O)C(O)C1OC(=O)CCCCCCCCCCCCCCCCC)OC(=O)CCCCC/C=C\C/C=C\C/C=C\CC. The lowest BCUT2D eigenvalue weighted by atomic mass is 9.98. The molecule has 1 heterocycles. The minimum absolute atomic E-state index is 0.0502. The lowest BCUT2D eigenvalue weighted by molar-refractivity contribution is -0.301. The molecule has 0 aromatic carbocycles. The van der Waals surface area contributed by atoms with E-state index < -0.39 is 67.3 Å². The maximum atomic E-state index is 13.1. The summed E-state index contributed by atoms with van der Waals surface area (Å²) in [5, 5.41) is 31.4. The van der Waals surface area contributed by atoms with E-state index in [0.717, 1.165) is 89.9 Å². The molecule has 1 aliphatic rings. The second-order valence-corrected chi connectivity index (χ2v) is 18.5. The third-order valence-corrected chi connectivity index (χ3v) is 12.0. The van der Waals surface area contributed by atoms with E-state index in [1.165, 1.54) is 64.2 Å². The summed E-state index contributed by atoms with van der Waals surface area (Å²) < 4.78 is 28.2. The number of allylic oxidation sites excluding steroid dienone is 14. The summed E-state index contributed by atoms with van der Waals surface area (Å²) in [5.41, 5.74) is 0. The molecule has 6 unspecified atom stereocenters. The lowest BCUT2D eigenvalue weighted by Gasteiger charge is -2.40. The van der Waals surface area contributed by atoms with Crippen molar-refractivity contribution in [2.24, 2.45) is 0 Å². The van der Waals surface area contributed by atoms with Gasteiger partial charge in [0.1, 0.15) is 18.8 Å². The first-order chi connectivity index (χ1) is 34.6. The van der Waals surface area contributed by atoms with Crippen molar-refractivity contribution in [3.63, 3.8) is 0 Å². The summed E-state index contributed by atoms with van der Waals surface area (Å²) in [7, 11) is 0. The second-order valence-electron chi connectivity index (χ2n) is 18.5. The minimum atomic E-state index is -1.92. The zero-order valence-corrected chi connectivity index (χ0v) is 44.2. The Morgan fingerprint density at radius 1 is 0.479 bits per heavy atom. The first kappa shape index (κ1) is 64.9. The Balaban J connectivity index is 2.76. The average molecular weight is 997 g/mol. The highest BCUT2D eigenvalue weighted by Crippen LogP contribution is 2.26. The molecule has 12 heteroatoms. The van der Waals surface area contributed by atoms with Crippen LogP contribution in [0.1, 0.15) is 213 Å². The highest BCUT2D eigenvalue weighted by Gasteiger charge is 2.50. The Labute approximate surface area is 429 Å². The number of carboxylic acids is 1. The number of carbonyl (C=O) groups excluding carboxylic acids is 3. The molecule has 0 aromatic rings. The van der Waals surface area contributed by atoms with Crippen molar-refractivity contribution in [3.05, 3.63) is 85.1 Å². The molecule has 1 aliphatic heterocycles. The Morgan fingerprint density at radius 3 is 1.41 bits per heavy atom. The quantitative estimate of drug-likeness (QED) is 0.0228. The zero-order valence-electron chi connectivity index (χ0n) is 44.2. The molecule has 1 fully saturated rings. The van der Waals surface area contributed by atoms with E-state index in [4.69, 9.17) is 23.7 Å². The van der Waals surface area contributed by atoms with E-state index >= 15 is 0 Å². The van der Waals surface area contributed by atoms with Crippen LogP contribution in [0.3, 0.4) is 0 Å². The third-order valence-electron chi connectivity index (χ3n) is 12.0. The number of hydrogen-bond acceptors (Lipinski definition) is 11. The van der Waals surface area contributed by atoms with Crippen molar-refractivity contribution in [1.29, 1.82) is 0 Å². The molecule has 6 atom stereocenters. The number of carboxylic acid groups (broad SMARTS) is 1. The predicted octanol–water partition coefficient (Wildman–Crippen LogP) is 13.6. The number of aliphatic hydroxyl groups is 2. The minimum Gasteiger partial charge on any atom is -0.479 e. The van der Waals surface area contributed by atoms with Crippen molar-refractivity contribution in [2.75, 3.05) is 13.2 Å². The van der Waals surface area contributed by atoms with E-state index in [2.05, 4.69) is 93.7 Å². The number of rotatable bonds is 45. The predicted molar refractivity (Wildman–Crippen MR) is 284 cm³/mol. The van der Waals surface area contributed by atoms with Gasteiger partial charge in [-0.05, 0) is 77.0 Å². The summed E-state index contributed by atoms with van der Waals surface area (Å²) in [6.45, 7) is 5.65. The van der Waals surface area contributed by atoms with Crippen LogP contribution in [0.25, 0.3) is 0 Å². The van der Waals surface area contributed by atoms with E-state index in [1.54, 1.807) is 0 Å². The molecule has 1 saturated heterocycles. The number of aliphatic carboxylic acids is 1. The molecule has 0 amide bonds. The molecular formula is C59H96O12. The van der Waals surface area contributed by atoms with E-state index in [-0.39, 0.29) is 25.9 Å². The fraction of sp³-hybridized carbons (Fsp3) is 0.695. The standard InChI is InChI=1S/C59H96O12/c1-4-7-10-13-16-19-22-25-26-29-32-35-38-41-44-47-53(62)70-57-55(64)54(63)56(58(65)66)71-59(57)68-49-50(69-52(61)46-43-40-37-34-31-28-24-21-18-15-12-9-6-3)48-67-51(60)45-42-39-36-33-30-27-23-20-17-14-11-8-5-2/h8-9,11-12,17-18,20-21,27-28,30-31,36,39,50,54-57,59,63-64H,4-7,10,13-16,19,22-26,29,32-35,37-38,40-49H2,1-3H3,(H,65,66)/b11-8-,12-9-,20-17-,21-18-,30-27-,31-28-,39-36-. The molecule has 0 aromatic heterocycles. The number of aliphatic hydroxyl groups excluding tert-OH is 2. The third kappa shape index (κ3) is 37.3. The van der Waals surface area contributed by atoms with Gasteiger partial charge < -0.3 is 39.0 Å². The van der Waals surface area contributed by atoms with Crippen molar-refractivity contribution in [1.82, 2.24) is 0 Å². The topological polar surface area (TPSA) is 175 Å². The van der Waals surface area contributed by atoms with Gasteiger partial charge in [0.05, 0.1) is 6.61 Å². The molecule has 71 heavy (non-hydrogen) atoms. The molecule has 0 bridgehead atoms. The molecule has 404 valence electrons. The zero-order chi connectivity index (χ0) is 51.8. The fourth-order valence-corrected chi connectivity index (χ4v) is 7.81. The van der Waals surface area contributed by atoms with Crippen molar-refractivity contribution in [3.8, 4) is 0 Å². The van der Waals surface area contributed by atoms with Crippen LogP contribution >= 0.6 is 0 Å². The van der Waals surface area contributed by atoms with Crippen LogP contribution in [0.2, 0.25) is 0 Å². The van der Waals surface area contributed by atoms with Gasteiger partial charge in [0.15, 0.2) is 24.6 Å². The second kappa shape index (κ2) is 46.9. The number of ether oxygens (including phenoxy) is 5. The molecular weight excluding hydrogens is 901 g/mol. The Hall–Kier alpha value is -4.10. The summed E-state index contributed by atoms with van der Waals surface area (Å²) in [4.78, 5) is 50.9. The van der Waals surface area contributed by atoms with Crippen LogP contribution in [0, 0.1) is 0 Å². The number of unbranched alkanes of at least 4 members (excludes halogenated alkanes) is 17. The van der Waals surface area contributed by atoms with Crippen LogP contribution < -0.4 is 0 Å². The van der Waals surface area contributed by atoms with Gasteiger partial charge in [0.2, 0.25) is 0 Å². The largest absolute Gasteiger partial charge is 0.479 e. The Bertz CT molecular complexity index is 1560. The number of hydrogen-bond donors (Lipinski definition) is 3. The van der Waals surface area contributed by atoms with Crippen molar-refractivity contribution >= 4 is 23.9 Å². The smallest absolute Gasteiger partial charge is 0.335 e. The van der Waals surface area contributed by atoms with Crippen LogP contribution in [0.5, 0.6) is 0 Å². The normalized spacial score (nSPS) is 19.1. The van der Waals surface area contributed by atoms with E-state index in [9.17, 15) is 34.5 Å². The molecule has 0 saturated carbocycles. The Kier molecular flexibility index (Phi) is 42.9. The van der Waals surface area contributed by atoms with E-state index in [0.29, 0.717) is 19.3 Å². The van der Waals surface area contributed by atoms with Gasteiger partial charge in [-0.15, -0.1) is 0 Å². The van der Waals surface area contributed by atoms with Crippen LogP contribution in [0.4, 0.5) is 0 Å². The Morgan fingerprint density at radius 2 is 0.915 bits per heavy atom. The fourth-order valence-electron chi connectivity index (χ4n) is 7.81. The van der Waals surface area contributed by atoms with E-state index in [1.807, 2.05) is 12.2 Å². The molecule has 0 aliphatic carbocycles. The van der Waals surface area contributed by atoms with Crippen LogP contribution in [-0.2, 0) is 42.9 Å². The number of esters is 3. The molecule has 3 N–H and O–H groups in total. The summed E-state index contributed by atoms with van der Waals surface area (Å²) in [5.74, 6) is -3.27. The van der Waals surface area contributed by atoms with Gasteiger partial charge in [0, 0.05) is 19.3 Å². The maximum Gasteiger partial charge on any atom is 0.335 e. The van der Waals surface area contributed by atoms with Crippen LogP contribution in [0.15, 0.2) is 85.1 Å². The molecule has 0 spiro atoms. The van der Waals surface area contributed by atoms with Gasteiger partial charge in [-0.1, -0.05) is 202 Å². The van der Waals surface area contributed by atoms with Gasteiger partial charge in [-0.2, -0.15) is 0 Å². The first-order valence-corrected chi connectivity index (χ1v) is 27.6. The van der Waals surface area contributed by atoms with Crippen molar-refractivity contribution in [2.45, 2.75) is 250 Å². The average Bonchev–Trinajstić information content (AvgIpc) is 3.35. The molecule has 12 nitrogen and oxygen atoms in total.